The van der Waals surface area contributed by atoms with Crippen LogP contribution in [0.4, 0.5) is 0 Å². The van der Waals surface area contributed by atoms with Gasteiger partial charge in [-0.25, -0.2) is 0 Å². The summed E-state index contributed by atoms with van der Waals surface area (Å²) in [6, 6.07) is 0. The topological polar surface area (TPSA) is 40.5 Å². The monoisotopic (exact) mass is 376 g/mol. The van der Waals surface area contributed by atoms with Gasteiger partial charge in [-0.1, -0.05) is 27.2 Å². The molecule has 0 saturated heterocycles. The third-order valence-corrected chi connectivity index (χ3v) is 9.95. The zero-order valence-corrected chi connectivity index (χ0v) is 18.1. The van der Waals surface area contributed by atoms with Crippen molar-refractivity contribution in [1.82, 2.24) is 0 Å². The second-order valence-electron chi connectivity index (χ2n) is 11.5. The Hall–Kier alpha value is -0.0800. The Bertz CT molecular complexity index is 503. The summed E-state index contributed by atoms with van der Waals surface area (Å²) in [5, 5.41) is 20.3. The molecule has 8 unspecified atom stereocenters. The normalized spacial score (nSPS) is 48.0. The fourth-order valence-electron chi connectivity index (χ4n) is 8.32. The summed E-state index contributed by atoms with van der Waals surface area (Å²) in [7, 11) is 0. The fraction of sp³-hybridized carbons (Fsp3) is 1.00. The van der Waals surface area contributed by atoms with Crippen LogP contribution in [0.3, 0.4) is 0 Å². The predicted octanol–water partition coefficient (Wildman–Crippen LogP) is 5.80. The summed E-state index contributed by atoms with van der Waals surface area (Å²) in [5.41, 5.74) is 0.574. The van der Waals surface area contributed by atoms with Crippen molar-refractivity contribution in [3.8, 4) is 0 Å². The van der Waals surface area contributed by atoms with Crippen LogP contribution in [0.15, 0.2) is 0 Å². The Morgan fingerprint density at radius 2 is 1.70 bits per heavy atom. The van der Waals surface area contributed by atoms with Crippen LogP contribution in [-0.2, 0) is 0 Å². The molecule has 156 valence electrons. The minimum absolute atomic E-state index is 0.00583. The van der Waals surface area contributed by atoms with E-state index in [-0.39, 0.29) is 12.2 Å². The maximum atomic E-state index is 10.2. The molecule has 9 atom stereocenters. The Kier molecular flexibility index (Phi) is 5.97. The molecule has 4 aliphatic rings. The third kappa shape index (κ3) is 3.75. The van der Waals surface area contributed by atoms with Crippen LogP contribution in [0, 0.1) is 46.8 Å². The highest BCUT2D eigenvalue weighted by molar-refractivity contribution is 5.06. The molecule has 4 fully saturated rings. The van der Waals surface area contributed by atoms with Gasteiger partial charge >= 0.3 is 0 Å². The quantitative estimate of drug-likeness (QED) is 0.636. The molecule has 0 aromatic carbocycles. The zero-order valence-electron chi connectivity index (χ0n) is 18.1. The minimum Gasteiger partial charge on any atom is -0.393 e. The smallest absolute Gasteiger partial charge is 0.0563 e. The Labute approximate surface area is 167 Å². The molecule has 2 N–H and O–H groups in total. The van der Waals surface area contributed by atoms with Gasteiger partial charge in [-0.05, 0) is 117 Å². The van der Waals surface area contributed by atoms with Gasteiger partial charge in [0, 0.05) is 0 Å². The molecule has 27 heavy (non-hydrogen) atoms. The molecular formula is C25H44O2. The molecule has 0 aromatic rings. The van der Waals surface area contributed by atoms with Crippen LogP contribution in [0.25, 0.3) is 0 Å². The summed E-state index contributed by atoms with van der Waals surface area (Å²) >= 11 is 0. The van der Waals surface area contributed by atoms with E-state index in [0.717, 1.165) is 54.8 Å². The number of aliphatic hydroxyl groups excluding tert-OH is 2. The van der Waals surface area contributed by atoms with Crippen LogP contribution < -0.4 is 0 Å². The summed E-state index contributed by atoms with van der Waals surface area (Å²) in [5.74, 6) is 5.96. The lowest BCUT2D eigenvalue weighted by molar-refractivity contribution is -0.0780. The molecule has 4 rings (SSSR count). The van der Waals surface area contributed by atoms with Crippen molar-refractivity contribution in [3.05, 3.63) is 0 Å². The molecule has 0 radical (unpaired) electrons. The summed E-state index contributed by atoms with van der Waals surface area (Å²) in [6.45, 7) is 6.92. The van der Waals surface area contributed by atoms with Crippen LogP contribution in [0.1, 0.15) is 97.8 Å². The van der Waals surface area contributed by atoms with Crippen molar-refractivity contribution < 1.29 is 10.2 Å². The first-order chi connectivity index (χ1) is 12.9. The SMILES string of the molecule is CC(C)C(O)CCC[C@H]1CCC2C3CCC4CC(O)CCC4C3CCC21C. The third-order valence-electron chi connectivity index (χ3n) is 9.95. The zero-order chi connectivity index (χ0) is 19.2. The molecular weight excluding hydrogens is 332 g/mol. The van der Waals surface area contributed by atoms with Crippen molar-refractivity contribution >= 4 is 0 Å². The Morgan fingerprint density at radius 1 is 0.926 bits per heavy atom. The first-order valence-corrected chi connectivity index (χ1v) is 12.3. The Morgan fingerprint density at radius 3 is 2.48 bits per heavy atom. The second kappa shape index (κ2) is 7.98. The lowest BCUT2D eigenvalue weighted by Gasteiger charge is -2.56. The van der Waals surface area contributed by atoms with E-state index in [1.807, 2.05) is 0 Å². The molecule has 0 amide bonds. The van der Waals surface area contributed by atoms with Gasteiger partial charge in [-0.15, -0.1) is 0 Å². The van der Waals surface area contributed by atoms with Gasteiger partial charge in [0.1, 0.15) is 0 Å². The van der Waals surface area contributed by atoms with E-state index in [0.29, 0.717) is 11.3 Å². The highest BCUT2D eigenvalue weighted by Crippen LogP contribution is 2.64. The number of aliphatic hydroxyl groups is 2. The molecule has 0 heterocycles. The lowest BCUT2D eigenvalue weighted by Crippen LogP contribution is -2.49. The standard InChI is InChI=1S/C25H44O2/c1-16(2)24(27)6-4-5-18-8-12-23-22-10-7-17-15-19(26)9-11-20(17)21(22)13-14-25(18,23)3/h16-24,26-27H,4-15H2,1-3H3/t17?,18-,19?,20?,21?,22?,23?,24?,25?/m0/s1. The molecule has 0 aliphatic heterocycles. The van der Waals surface area contributed by atoms with Crippen LogP contribution in [-0.4, -0.2) is 22.4 Å². The highest BCUT2D eigenvalue weighted by atomic mass is 16.3. The van der Waals surface area contributed by atoms with Crippen molar-refractivity contribution in [2.24, 2.45) is 46.8 Å². The van der Waals surface area contributed by atoms with Crippen molar-refractivity contribution in [1.29, 1.82) is 0 Å². The van der Waals surface area contributed by atoms with E-state index in [1.54, 1.807) is 0 Å². The van der Waals surface area contributed by atoms with E-state index in [1.165, 1.54) is 57.8 Å². The van der Waals surface area contributed by atoms with Crippen LogP contribution >= 0.6 is 0 Å². The number of rotatable bonds is 5. The number of hydrogen-bond donors (Lipinski definition) is 2. The van der Waals surface area contributed by atoms with Gasteiger partial charge < -0.3 is 10.2 Å². The van der Waals surface area contributed by atoms with Gasteiger partial charge in [0.05, 0.1) is 12.2 Å². The first-order valence-electron chi connectivity index (χ1n) is 12.3. The van der Waals surface area contributed by atoms with Gasteiger partial charge in [-0.3, -0.25) is 0 Å². The predicted molar refractivity (Wildman–Crippen MR) is 111 cm³/mol. The summed E-state index contributed by atoms with van der Waals surface area (Å²) in [6.07, 6.45) is 15.5. The van der Waals surface area contributed by atoms with E-state index >= 15 is 0 Å². The van der Waals surface area contributed by atoms with Crippen LogP contribution in [0.5, 0.6) is 0 Å². The Balaban J connectivity index is 1.38. The second-order valence-corrected chi connectivity index (χ2v) is 11.5. The molecule has 4 saturated carbocycles. The van der Waals surface area contributed by atoms with Crippen molar-refractivity contribution in [2.45, 2.75) is 110 Å². The molecule has 0 bridgehead atoms. The number of fused-ring (bicyclic) bond motifs is 5. The van der Waals surface area contributed by atoms with Gasteiger partial charge in [0.15, 0.2) is 0 Å². The molecule has 0 aromatic heterocycles. The molecule has 4 aliphatic carbocycles. The van der Waals surface area contributed by atoms with E-state index in [4.69, 9.17) is 0 Å². The molecule has 2 heteroatoms. The van der Waals surface area contributed by atoms with Gasteiger partial charge in [0.2, 0.25) is 0 Å². The van der Waals surface area contributed by atoms with Crippen LogP contribution in [0.2, 0.25) is 0 Å². The summed E-state index contributed by atoms with van der Waals surface area (Å²) in [4.78, 5) is 0. The number of hydrogen-bond acceptors (Lipinski definition) is 2. The van der Waals surface area contributed by atoms with Crippen molar-refractivity contribution in [3.63, 3.8) is 0 Å². The molecule has 0 spiro atoms. The van der Waals surface area contributed by atoms with Gasteiger partial charge in [0.25, 0.3) is 0 Å². The van der Waals surface area contributed by atoms with Crippen molar-refractivity contribution in [2.75, 3.05) is 0 Å². The average Bonchev–Trinajstić information content (AvgIpc) is 2.97. The fourth-order valence-corrected chi connectivity index (χ4v) is 8.32. The van der Waals surface area contributed by atoms with Gasteiger partial charge in [-0.2, -0.15) is 0 Å². The molecule has 2 nitrogen and oxygen atoms in total. The minimum atomic E-state index is -0.109. The first kappa shape index (κ1) is 20.2. The largest absolute Gasteiger partial charge is 0.393 e. The van der Waals surface area contributed by atoms with E-state index < -0.39 is 0 Å². The highest BCUT2D eigenvalue weighted by Gasteiger charge is 2.56. The maximum absolute atomic E-state index is 10.2. The average molecular weight is 377 g/mol. The van der Waals surface area contributed by atoms with E-state index in [9.17, 15) is 10.2 Å². The van der Waals surface area contributed by atoms with E-state index in [2.05, 4.69) is 20.8 Å². The maximum Gasteiger partial charge on any atom is 0.0563 e. The summed E-state index contributed by atoms with van der Waals surface area (Å²) < 4.78 is 0. The lowest BCUT2D eigenvalue weighted by atomic mass is 9.49.